The Bertz CT molecular complexity index is 352. The Morgan fingerprint density at radius 3 is 2.94 bits per heavy atom. The molecule has 4 heteroatoms. The number of amides is 1. The SMILES string of the molecule is CCCC(CN)NC(=O)c1ncccc1C. The van der Waals surface area contributed by atoms with E-state index >= 15 is 0 Å². The first-order valence-electron chi connectivity index (χ1n) is 5.61. The lowest BCUT2D eigenvalue weighted by atomic mass is 10.1. The summed E-state index contributed by atoms with van der Waals surface area (Å²) >= 11 is 0. The van der Waals surface area contributed by atoms with Crippen LogP contribution in [0, 0.1) is 6.92 Å². The van der Waals surface area contributed by atoms with E-state index in [1.54, 1.807) is 6.20 Å². The second kappa shape index (κ2) is 6.23. The van der Waals surface area contributed by atoms with Gasteiger partial charge in [0.25, 0.3) is 5.91 Å². The van der Waals surface area contributed by atoms with Crippen molar-refractivity contribution in [3.63, 3.8) is 0 Å². The zero-order valence-corrected chi connectivity index (χ0v) is 9.86. The van der Waals surface area contributed by atoms with Crippen molar-refractivity contribution in [1.29, 1.82) is 0 Å². The van der Waals surface area contributed by atoms with E-state index in [9.17, 15) is 4.79 Å². The molecule has 0 saturated carbocycles. The lowest BCUT2D eigenvalue weighted by Gasteiger charge is -2.16. The van der Waals surface area contributed by atoms with Crippen LogP contribution in [0.2, 0.25) is 0 Å². The lowest BCUT2D eigenvalue weighted by molar-refractivity contribution is 0.0930. The normalized spacial score (nSPS) is 12.2. The molecule has 16 heavy (non-hydrogen) atoms. The van der Waals surface area contributed by atoms with Gasteiger partial charge < -0.3 is 11.1 Å². The van der Waals surface area contributed by atoms with Crippen molar-refractivity contribution >= 4 is 5.91 Å². The number of pyridine rings is 1. The number of hydrogen-bond donors (Lipinski definition) is 2. The van der Waals surface area contributed by atoms with Crippen molar-refractivity contribution in [3.05, 3.63) is 29.6 Å². The fourth-order valence-corrected chi connectivity index (χ4v) is 1.57. The highest BCUT2D eigenvalue weighted by Crippen LogP contribution is 2.04. The van der Waals surface area contributed by atoms with E-state index in [1.807, 2.05) is 19.1 Å². The smallest absolute Gasteiger partial charge is 0.270 e. The summed E-state index contributed by atoms with van der Waals surface area (Å²) in [6.45, 7) is 4.41. The molecule has 4 nitrogen and oxygen atoms in total. The van der Waals surface area contributed by atoms with Crippen molar-refractivity contribution in [2.24, 2.45) is 5.73 Å². The van der Waals surface area contributed by atoms with Gasteiger partial charge in [-0.15, -0.1) is 0 Å². The van der Waals surface area contributed by atoms with Crippen molar-refractivity contribution in [1.82, 2.24) is 10.3 Å². The van der Waals surface area contributed by atoms with Crippen LogP contribution in [0.15, 0.2) is 18.3 Å². The molecule has 1 unspecified atom stereocenters. The van der Waals surface area contributed by atoms with Crippen molar-refractivity contribution in [2.75, 3.05) is 6.54 Å². The zero-order valence-electron chi connectivity index (χ0n) is 9.86. The molecule has 1 rings (SSSR count). The number of nitrogens with zero attached hydrogens (tertiary/aromatic N) is 1. The summed E-state index contributed by atoms with van der Waals surface area (Å²) in [4.78, 5) is 16.0. The molecule has 1 aromatic heterocycles. The summed E-state index contributed by atoms with van der Waals surface area (Å²) in [5, 5.41) is 2.90. The molecule has 0 aliphatic rings. The highest BCUT2D eigenvalue weighted by Gasteiger charge is 2.14. The number of nitrogens with one attached hydrogen (secondary N) is 1. The Labute approximate surface area is 96.3 Å². The molecule has 88 valence electrons. The van der Waals surface area contributed by atoms with Gasteiger partial charge in [0.15, 0.2) is 0 Å². The average molecular weight is 221 g/mol. The van der Waals surface area contributed by atoms with Gasteiger partial charge in [0, 0.05) is 18.8 Å². The number of nitrogens with two attached hydrogens (primary N) is 1. The number of rotatable bonds is 5. The van der Waals surface area contributed by atoms with Gasteiger partial charge in [-0.2, -0.15) is 0 Å². The zero-order chi connectivity index (χ0) is 12.0. The quantitative estimate of drug-likeness (QED) is 0.786. The molecule has 0 spiro atoms. The molecule has 0 fully saturated rings. The van der Waals surface area contributed by atoms with Gasteiger partial charge in [-0.1, -0.05) is 19.4 Å². The van der Waals surface area contributed by atoms with Crippen molar-refractivity contribution < 1.29 is 4.79 Å². The third-order valence-corrected chi connectivity index (χ3v) is 2.48. The molecule has 1 heterocycles. The van der Waals surface area contributed by atoms with Crippen LogP contribution in [0.3, 0.4) is 0 Å². The van der Waals surface area contributed by atoms with Crippen LogP contribution in [0.1, 0.15) is 35.8 Å². The van der Waals surface area contributed by atoms with Gasteiger partial charge in [0.05, 0.1) is 0 Å². The van der Waals surface area contributed by atoms with Crippen LogP contribution in [0.25, 0.3) is 0 Å². The first-order valence-corrected chi connectivity index (χ1v) is 5.61. The average Bonchev–Trinajstić information content (AvgIpc) is 2.28. The number of aromatic nitrogens is 1. The summed E-state index contributed by atoms with van der Waals surface area (Å²) < 4.78 is 0. The standard InChI is InChI=1S/C12H19N3O/c1-3-5-10(8-13)15-12(16)11-9(2)6-4-7-14-11/h4,6-7,10H,3,5,8,13H2,1-2H3,(H,15,16). The minimum absolute atomic E-state index is 0.0407. The predicted octanol–water partition coefficient (Wildman–Crippen LogP) is 1.25. The molecule has 0 bridgehead atoms. The maximum atomic E-state index is 11.9. The number of carbonyl (C=O) groups is 1. The van der Waals surface area contributed by atoms with Crippen LogP contribution < -0.4 is 11.1 Å². The van der Waals surface area contributed by atoms with E-state index in [4.69, 9.17) is 5.73 Å². The maximum Gasteiger partial charge on any atom is 0.270 e. The van der Waals surface area contributed by atoms with Gasteiger partial charge in [-0.05, 0) is 25.0 Å². The van der Waals surface area contributed by atoms with E-state index < -0.39 is 0 Å². The van der Waals surface area contributed by atoms with E-state index in [0.717, 1.165) is 18.4 Å². The predicted molar refractivity (Wildman–Crippen MR) is 64.2 cm³/mol. The molecule has 3 N–H and O–H groups in total. The van der Waals surface area contributed by atoms with Crippen LogP contribution in [0.4, 0.5) is 0 Å². The molecule has 0 saturated heterocycles. The van der Waals surface area contributed by atoms with Crippen molar-refractivity contribution in [3.8, 4) is 0 Å². The monoisotopic (exact) mass is 221 g/mol. The first-order chi connectivity index (χ1) is 7.69. The largest absolute Gasteiger partial charge is 0.347 e. The number of aryl methyl sites for hydroxylation is 1. The summed E-state index contributed by atoms with van der Waals surface area (Å²) in [6, 6.07) is 3.73. The molecule has 1 atom stereocenters. The third kappa shape index (κ3) is 3.31. The highest BCUT2D eigenvalue weighted by molar-refractivity contribution is 5.93. The van der Waals surface area contributed by atoms with E-state index in [-0.39, 0.29) is 11.9 Å². The third-order valence-electron chi connectivity index (χ3n) is 2.48. The van der Waals surface area contributed by atoms with Gasteiger partial charge in [-0.25, -0.2) is 0 Å². The topological polar surface area (TPSA) is 68.0 Å². The van der Waals surface area contributed by atoms with Crippen LogP contribution in [-0.4, -0.2) is 23.5 Å². The number of hydrogen-bond acceptors (Lipinski definition) is 3. The van der Waals surface area contributed by atoms with E-state index in [1.165, 1.54) is 0 Å². The Balaban J connectivity index is 2.68. The Morgan fingerprint density at radius 1 is 1.62 bits per heavy atom. The van der Waals surface area contributed by atoms with Gasteiger partial charge in [0.1, 0.15) is 5.69 Å². The van der Waals surface area contributed by atoms with E-state index in [2.05, 4.69) is 17.2 Å². The summed E-state index contributed by atoms with van der Waals surface area (Å²) in [7, 11) is 0. The van der Waals surface area contributed by atoms with Gasteiger partial charge in [0.2, 0.25) is 0 Å². The van der Waals surface area contributed by atoms with E-state index in [0.29, 0.717) is 12.2 Å². The second-order valence-corrected chi connectivity index (χ2v) is 3.86. The molecular formula is C12H19N3O. The fourth-order valence-electron chi connectivity index (χ4n) is 1.57. The lowest BCUT2D eigenvalue weighted by Crippen LogP contribution is -2.40. The van der Waals surface area contributed by atoms with Gasteiger partial charge >= 0.3 is 0 Å². The summed E-state index contributed by atoms with van der Waals surface area (Å²) in [6.07, 6.45) is 3.52. The van der Waals surface area contributed by atoms with Crippen LogP contribution in [-0.2, 0) is 0 Å². The summed E-state index contributed by atoms with van der Waals surface area (Å²) in [5.41, 5.74) is 6.95. The van der Waals surface area contributed by atoms with Gasteiger partial charge in [-0.3, -0.25) is 9.78 Å². The second-order valence-electron chi connectivity index (χ2n) is 3.86. The molecule has 0 aromatic carbocycles. The summed E-state index contributed by atoms with van der Waals surface area (Å²) in [5.74, 6) is -0.137. The molecule has 0 aliphatic heterocycles. The first kappa shape index (κ1) is 12.6. The fraction of sp³-hybridized carbons (Fsp3) is 0.500. The molecule has 1 amide bonds. The minimum atomic E-state index is -0.137. The number of carbonyl (C=O) groups excluding carboxylic acids is 1. The molecular weight excluding hydrogens is 202 g/mol. The van der Waals surface area contributed by atoms with Crippen LogP contribution >= 0.6 is 0 Å². The molecule has 1 aromatic rings. The van der Waals surface area contributed by atoms with Crippen molar-refractivity contribution in [2.45, 2.75) is 32.7 Å². The Kier molecular flexibility index (Phi) is 4.92. The van der Waals surface area contributed by atoms with Crippen LogP contribution in [0.5, 0.6) is 0 Å². The minimum Gasteiger partial charge on any atom is -0.347 e. The highest BCUT2D eigenvalue weighted by atomic mass is 16.1. The molecule has 0 radical (unpaired) electrons. The maximum absolute atomic E-state index is 11.9. The molecule has 0 aliphatic carbocycles. The Morgan fingerprint density at radius 2 is 2.38 bits per heavy atom. The Hall–Kier alpha value is -1.42.